The molecule has 1 saturated heterocycles. The van der Waals surface area contributed by atoms with Crippen molar-refractivity contribution in [2.24, 2.45) is 5.73 Å². The molecule has 0 aromatic heterocycles. The van der Waals surface area contributed by atoms with Crippen LogP contribution in [0, 0.1) is 0 Å². The lowest BCUT2D eigenvalue weighted by atomic mass is 10.1. The second-order valence-electron chi connectivity index (χ2n) is 5.24. The highest BCUT2D eigenvalue weighted by atomic mass is 16.3. The number of phenolic OH excluding ortho intramolecular Hbond substituents is 1. The average molecular weight is 277 g/mol. The lowest BCUT2D eigenvalue weighted by molar-refractivity contribution is -0.134. The zero-order valence-corrected chi connectivity index (χ0v) is 12.0. The molecule has 1 aliphatic rings. The minimum absolute atomic E-state index is 0.0221. The monoisotopic (exact) mass is 277 g/mol. The first-order chi connectivity index (χ1) is 9.60. The Morgan fingerprint density at radius 3 is 2.40 bits per heavy atom. The molecule has 0 radical (unpaired) electrons. The van der Waals surface area contributed by atoms with E-state index in [1.807, 2.05) is 4.90 Å². The van der Waals surface area contributed by atoms with Gasteiger partial charge in [0.25, 0.3) is 0 Å². The van der Waals surface area contributed by atoms with Crippen LogP contribution in [0.15, 0.2) is 24.3 Å². The van der Waals surface area contributed by atoms with Gasteiger partial charge in [0.1, 0.15) is 5.75 Å². The van der Waals surface area contributed by atoms with Crippen LogP contribution < -0.4 is 5.73 Å². The predicted octanol–water partition coefficient (Wildman–Crippen LogP) is 0.426. The van der Waals surface area contributed by atoms with E-state index in [2.05, 4.69) is 11.8 Å². The van der Waals surface area contributed by atoms with E-state index in [-0.39, 0.29) is 11.7 Å². The first-order valence-corrected chi connectivity index (χ1v) is 7.14. The van der Waals surface area contributed by atoms with Gasteiger partial charge in [-0.2, -0.15) is 0 Å². The van der Waals surface area contributed by atoms with Crippen molar-refractivity contribution in [2.45, 2.75) is 19.4 Å². The van der Waals surface area contributed by atoms with E-state index in [0.717, 1.165) is 38.3 Å². The molecule has 0 spiro atoms. The third kappa shape index (κ3) is 3.71. The summed E-state index contributed by atoms with van der Waals surface area (Å²) < 4.78 is 0. The van der Waals surface area contributed by atoms with Crippen LogP contribution in [0.25, 0.3) is 0 Å². The number of nitrogens with zero attached hydrogens (tertiary/aromatic N) is 2. The number of carbonyl (C=O) groups is 1. The first-order valence-electron chi connectivity index (χ1n) is 7.14. The van der Waals surface area contributed by atoms with Gasteiger partial charge in [0, 0.05) is 26.2 Å². The summed E-state index contributed by atoms with van der Waals surface area (Å²) in [5, 5.41) is 9.24. The highest BCUT2D eigenvalue weighted by molar-refractivity contribution is 5.82. The molecule has 20 heavy (non-hydrogen) atoms. The quantitative estimate of drug-likeness (QED) is 0.837. The maximum Gasteiger partial charge on any atom is 0.239 e. The Morgan fingerprint density at radius 2 is 1.85 bits per heavy atom. The first kappa shape index (κ1) is 14.8. The van der Waals surface area contributed by atoms with E-state index in [4.69, 9.17) is 5.73 Å². The molecule has 0 bridgehead atoms. The van der Waals surface area contributed by atoms with Crippen molar-refractivity contribution in [2.75, 3.05) is 32.7 Å². The molecule has 1 amide bonds. The van der Waals surface area contributed by atoms with Crippen LogP contribution in [0.4, 0.5) is 0 Å². The van der Waals surface area contributed by atoms with Gasteiger partial charge in [-0.25, -0.2) is 0 Å². The molecular formula is C15H23N3O2. The van der Waals surface area contributed by atoms with Crippen LogP contribution >= 0.6 is 0 Å². The molecule has 5 heteroatoms. The standard InChI is InChI=1S/C15H23N3O2/c1-2-17-7-9-18(10-8-17)15(20)14(16)11-12-3-5-13(19)6-4-12/h3-6,14,19H,2,7-11,16H2,1H3. The molecule has 0 aliphatic carbocycles. The molecule has 110 valence electrons. The number of carbonyl (C=O) groups excluding carboxylic acids is 1. The number of piperazine rings is 1. The van der Waals surface area contributed by atoms with E-state index < -0.39 is 6.04 Å². The Kier molecular flexibility index (Phi) is 4.98. The molecule has 2 rings (SSSR count). The highest BCUT2D eigenvalue weighted by Gasteiger charge is 2.24. The number of phenols is 1. The van der Waals surface area contributed by atoms with Gasteiger partial charge in [0.2, 0.25) is 5.91 Å². The van der Waals surface area contributed by atoms with E-state index in [1.54, 1.807) is 24.3 Å². The molecular weight excluding hydrogens is 254 g/mol. The van der Waals surface area contributed by atoms with Gasteiger partial charge in [-0.1, -0.05) is 19.1 Å². The van der Waals surface area contributed by atoms with Gasteiger partial charge in [-0.05, 0) is 30.7 Å². The SMILES string of the molecule is CCN1CCN(C(=O)C(N)Cc2ccc(O)cc2)CC1. The van der Waals surface area contributed by atoms with Crippen molar-refractivity contribution < 1.29 is 9.90 Å². The van der Waals surface area contributed by atoms with E-state index >= 15 is 0 Å². The van der Waals surface area contributed by atoms with Crippen molar-refractivity contribution >= 4 is 5.91 Å². The molecule has 1 heterocycles. The van der Waals surface area contributed by atoms with Gasteiger partial charge >= 0.3 is 0 Å². The lowest BCUT2D eigenvalue weighted by Gasteiger charge is -2.35. The minimum Gasteiger partial charge on any atom is -0.508 e. The summed E-state index contributed by atoms with van der Waals surface area (Å²) in [6.07, 6.45) is 0.507. The Balaban J connectivity index is 1.87. The molecule has 1 aliphatic heterocycles. The summed E-state index contributed by atoms with van der Waals surface area (Å²) in [5.74, 6) is 0.248. The average Bonchev–Trinajstić information content (AvgIpc) is 2.49. The van der Waals surface area contributed by atoms with Gasteiger partial charge < -0.3 is 20.6 Å². The summed E-state index contributed by atoms with van der Waals surface area (Å²) in [7, 11) is 0. The van der Waals surface area contributed by atoms with E-state index in [9.17, 15) is 9.90 Å². The number of amides is 1. The number of nitrogens with two attached hydrogens (primary N) is 1. The number of likely N-dealkylation sites (N-methyl/N-ethyl adjacent to an activating group) is 1. The Bertz CT molecular complexity index is 439. The van der Waals surface area contributed by atoms with Gasteiger partial charge in [-0.3, -0.25) is 4.79 Å². The van der Waals surface area contributed by atoms with Gasteiger partial charge in [0.05, 0.1) is 6.04 Å². The smallest absolute Gasteiger partial charge is 0.239 e. The normalized spacial score (nSPS) is 18.0. The molecule has 3 N–H and O–H groups in total. The van der Waals surface area contributed by atoms with Crippen molar-refractivity contribution in [3.05, 3.63) is 29.8 Å². The third-order valence-corrected chi connectivity index (χ3v) is 3.84. The molecule has 1 fully saturated rings. The van der Waals surface area contributed by atoms with Gasteiger partial charge in [-0.15, -0.1) is 0 Å². The van der Waals surface area contributed by atoms with Crippen molar-refractivity contribution in [3.63, 3.8) is 0 Å². The summed E-state index contributed by atoms with van der Waals surface area (Å²) in [4.78, 5) is 16.5. The van der Waals surface area contributed by atoms with Crippen LogP contribution in [0.1, 0.15) is 12.5 Å². The van der Waals surface area contributed by atoms with Crippen LogP contribution in [-0.2, 0) is 11.2 Å². The van der Waals surface area contributed by atoms with Crippen LogP contribution in [0.2, 0.25) is 0 Å². The van der Waals surface area contributed by atoms with Crippen LogP contribution in [0.3, 0.4) is 0 Å². The molecule has 1 atom stereocenters. The van der Waals surface area contributed by atoms with E-state index in [1.165, 1.54) is 0 Å². The molecule has 0 saturated carbocycles. The summed E-state index contributed by atoms with van der Waals surface area (Å²) in [6.45, 7) is 6.53. The number of benzene rings is 1. The summed E-state index contributed by atoms with van der Waals surface area (Å²) in [6, 6.07) is 6.33. The lowest BCUT2D eigenvalue weighted by Crippen LogP contribution is -2.53. The number of hydrogen-bond acceptors (Lipinski definition) is 4. The number of hydrogen-bond donors (Lipinski definition) is 2. The third-order valence-electron chi connectivity index (χ3n) is 3.84. The van der Waals surface area contributed by atoms with Crippen molar-refractivity contribution in [1.82, 2.24) is 9.80 Å². The highest BCUT2D eigenvalue weighted by Crippen LogP contribution is 2.12. The van der Waals surface area contributed by atoms with E-state index in [0.29, 0.717) is 6.42 Å². The Morgan fingerprint density at radius 1 is 1.25 bits per heavy atom. The molecule has 1 aromatic carbocycles. The Labute approximate surface area is 120 Å². The molecule has 5 nitrogen and oxygen atoms in total. The largest absolute Gasteiger partial charge is 0.508 e. The fourth-order valence-corrected chi connectivity index (χ4v) is 2.49. The summed E-state index contributed by atoms with van der Waals surface area (Å²) >= 11 is 0. The zero-order chi connectivity index (χ0) is 14.5. The fourth-order valence-electron chi connectivity index (χ4n) is 2.49. The Hall–Kier alpha value is -1.59. The van der Waals surface area contributed by atoms with Gasteiger partial charge in [0.15, 0.2) is 0 Å². The van der Waals surface area contributed by atoms with Crippen LogP contribution in [-0.4, -0.2) is 59.6 Å². The minimum atomic E-state index is -0.507. The zero-order valence-electron chi connectivity index (χ0n) is 12.0. The maximum atomic E-state index is 12.3. The molecule has 1 unspecified atom stereocenters. The predicted molar refractivity (Wildman–Crippen MR) is 78.5 cm³/mol. The van der Waals surface area contributed by atoms with Crippen LogP contribution in [0.5, 0.6) is 5.75 Å². The number of rotatable bonds is 4. The second kappa shape index (κ2) is 6.72. The molecule has 1 aromatic rings. The maximum absolute atomic E-state index is 12.3. The fraction of sp³-hybridized carbons (Fsp3) is 0.533. The second-order valence-corrected chi connectivity index (χ2v) is 5.24. The topological polar surface area (TPSA) is 69.8 Å². The van der Waals surface area contributed by atoms with Crippen molar-refractivity contribution in [1.29, 1.82) is 0 Å². The summed E-state index contributed by atoms with van der Waals surface area (Å²) in [5.41, 5.74) is 6.99. The van der Waals surface area contributed by atoms with Crippen molar-refractivity contribution in [3.8, 4) is 5.75 Å². The number of aromatic hydroxyl groups is 1.